The topological polar surface area (TPSA) is 99.5 Å². The number of esters is 1. The second-order valence-corrected chi connectivity index (χ2v) is 14.0. The third-order valence-electron chi connectivity index (χ3n) is 10.4. The van der Waals surface area contributed by atoms with Crippen molar-refractivity contribution in [2.24, 2.45) is 17.8 Å². The Kier molecular flexibility index (Phi) is 10.2. The van der Waals surface area contributed by atoms with Crippen molar-refractivity contribution in [3.05, 3.63) is 83.4 Å². The molecule has 46 heavy (non-hydrogen) atoms. The fourth-order valence-electron chi connectivity index (χ4n) is 7.52. The highest BCUT2D eigenvalue weighted by atomic mass is 35.5. The third-order valence-corrected chi connectivity index (χ3v) is 10.7. The summed E-state index contributed by atoms with van der Waals surface area (Å²) in [7, 11) is 2.85. The molecular weight excluding hydrogens is 604 g/mol. The number of benzene rings is 2. The van der Waals surface area contributed by atoms with E-state index in [-0.39, 0.29) is 28.7 Å². The Labute approximate surface area is 277 Å². The molecular formula is C37H47ClN2O6. The van der Waals surface area contributed by atoms with Crippen molar-refractivity contribution in [1.29, 1.82) is 0 Å². The van der Waals surface area contributed by atoms with Crippen molar-refractivity contribution in [1.82, 2.24) is 4.90 Å². The number of aryl methyl sites for hydroxylation is 1. The summed E-state index contributed by atoms with van der Waals surface area (Å²) < 4.78 is 11.7. The van der Waals surface area contributed by atoms with Gasteiger partial charge in [-0.1, -0.05) is 42.8 Å². The zero-order valence-electron chi connectivity index (χ0n) is 27.2. The van der Waals surface area contributed by atoms with Crippen LogP contribution in [0.25, 0.3) is 0 Å². The van der Waals surface area contributed by atoms with Crippen LogP contribution >= 0.6 is 11.6 Å². The molecule has 1 amide bonds. The van der Waals surface area contributed by atoms with Gasteiger partial charge in [-0.2, -0.15) is 0 Å². The molecule has 2 aliphatic carbocycles. The average molecular weight is 651 g/mol. The molecule has 9 heteroatoms. The fraction of sp³-hybridized carbons (Fsp3) is 0.514. The van der Waals surface area contributed by atoms with Gasteiger partial charge in [-0.3, -0.25) is 4.79 Å². The minimum Gasteiger partial charge on any atom is -0.490 e. The molecule has 2 aromatic carbocycles. The van der Waals surface area contributed by atoms with Crippen LogP contribution in [0.3, 0.4) is 0 Å². The number of halogens is 1. The van der Waals surface area contributed by atoms with E-state index < -0.39 is 30.0 Å². The number of nitrogens with zero attached hydrogens (tertiary/aromatic N) is 2. The summed E-state index contributed by atoms with van der Waals surface area (Å²) in [6, 6.07) is 11.3. The number of aliphatic hydroxyl groups excluding tert-OH is 1. The van der Waals surface area contributed by atoms with Gasteiger partial charge >= 0.3 is 5.97 Å². The highest BCUT2D eigenvalue weighted by Crippen LogP contribution is 2.47. The largest absolute Gasteiger partial charge is 0.490 e. The minimum atomic E-state index is -2.21. The molecule has 0 aromatic heterocycles. The first-order valence-corrected chi connectivity index (χ1v) is 16.6. The molecule has 8 nitrogen and oxygen atoms in total. The molecule has 248 valence electrons. The maximum absolute atomic E-state index is 13.3. The van der Waals surface area contributed by atoms with Crippen LogP contribution in [0.5, 0.6) is 5.75 Å². The summed E-state index contributed by atoms with van der Waals surface area (Å²) >= 11 is 6.41. The average Bonchev–Trinajstić information content (AvgIpc) is 3.18. The van der Waals surface area contributed by atoms with Crippen LogP contribution in [0.1, 0.15) is 55.7 Å². The predicted octanol–water partition coefficient (Wildman–Crippen LogP) is 5.42. The van der Waals surface area contributed by atoms with Gasteiger partial charge in [0.2, 0.25) is 5.91 Å². The van der Waals surface area contributed by atoms with Gasteiger partial charge in [-0.05, 0) is 90.8 Å². The van der Waals surface area contributed by atoms with E-state index >= 15 is 0 Å². The van der Waals surface area contributed by atoms with Crippen molar-refractivity contribution in [2.45, 2.75) is 62.6 Å². The number of anilines is 1. The van der Waals surface area contributed by atoms with Crippen LogP contribution in [-0.2, 0) is 31.8 Å². The van der Waals surface area contributed by atoms with Gasteiger partial charge in [0.15, 0.2) is 5.60 Å². The van der Waals surface area contributed by atoms with E-state index in [1.165, 1.54) is 23.1 Å². The fourth-order valence-corrected chi connectivity index (χ4v) is 7.72. The lowest BCUT2D eigenvalue weighted by atomic mass is 9.68. The second kappa shape index (κ2) is 13.8. The van der Waals surface area contributed by atoms with Crippen LogP contribution in [0.2, 0.25) is 5.02 Å². The Balaban J connectivity index is 1.55. The molecule has 6 atom stereocenters. The quantitative estimate of drug-likeness (QED) is 0.248. The summed E-state index contributed by atoms with van der Waals surface area (Å²) in [5.74, 6) is -0.306. The Morgan fingerprint density at radius 3 is 2.70 bits per heavy atom. The maximum atomic E-state index is 13.3. The van der Waals surface area contributed by atoms with Crippen LogP contribution in [0.15, 0.2) is 61.7 Å². The standard InChI is InChI=1S/C37H47ClN2O6/c1-6-24(3)20-39(4)34(42)19-37(44,35(43)45-5)27-11-15-33-31(18-27)40(21-26-10-13-29(26)32(41)7-2)22-36(23-46-33)16-8-9-25-17-28(38)12-14-30(25)36/h6-7,11-12,14-15,17-18,24,26,29,32,41,44H,1-2,8-10,13,16,19-23H2,3-5H3/t24-,26-,29-,32?,36-,37?/m0/s1. The monoisotopic (exact) mass is 650 g/mol. The SMILES string of the molecule is C=CC(O)[C@H]1CC[C@H]1CN1C[C@@]2(CCCc3cc(Cl)ccc32)COc2ccc(C(O)(CC(=O)N(C)C[C@@H](C)C=C)C(=O)OC)cc21. The van der Waals surface area contributed by atoms with Crippen molar-refractivity contribution in [2.75, 3.05) is 45.3 Å². The molecule has 1 spiro atoms. The molecule has 0 bridgehead atoms. The first kappa shape index (κ1) is 34.0. The predicted molar refractivity (Wildman–Crippen MR) is 180 cm³/mol. The lowest BCUT2D eigenvalue weighted by Gasteiger charge is -2.45. The summed E-state index contributed by atoms with van der Waals surface area (Å²) in [4.78, 5) is 30.3. The molecule has 1 heterocycles. The molecule has 5 rings (SSSR count). The maximum Gasteiger partial charge on any atom is 0.343 e. The molecule has 2 N–H and O–H groups in total. The van der Waals surface area contributed by atoms with E-state index in [0.717, 1.165) is 37.8 Å². The normalized spacial score (nSPS) is 24.5. The van der Waals surface area contributed by atoms with Crippen molar-refractivity contribution in [3.8, 4) is 5.75 Å². The Hall–Kier alpha value is -3.33. The van der Waals surface area contributed by atoms with Crippen LogP contribution in [-0.4, -0.2) is 73.5 Å². The van der Waals surface area contributed by atoms with E-state index in [4.69, 9.17) is 21.1 Å². The van der Waals surface area contributed by atoms with Crippen molar-refractivity contribution in [3.63, 3.8) is 0 Å². The van der Waals surface area contributed by atoms with E-state index in [1.807, 2.05) is 13.0 Å². The zero-order valence-corrected chi connectivity index (χ0v) is 28.0. The third kappa shape index (κ3) is 6.57. The molecule has 2 unspecified atom stereocenters. The Morgan fingerprint density at radius 2 is 2.02 bits per heavy atom. The van der Waals surface area contributed by atoms with Gasteiger partial charge in [-0.15, -0.1) is 13.2 Å². The van der Waals surface area contributed by atoms with Crippen molar-refractivity contribution >= 4 is 29.2 Å². The number of carbonyl (C=O) groups excluding carboxylic acids is 2. The summed E-state index contributed by atoms with van der Waals surface area (Å²) in [5, 5.41) is 23.3. The number of ether oxygens (including phenoxy) is 2. The second-order valence-electron chi connectivity index (χ2n) is 13.5. The highest BCUT2D eigenvalue weighted by molar-refractivity contribution is 6.30. The molecule has 2 aromatic rings. The Bertz CT molecular complexity index is 1480. The first-order chi connectivity index (χ1) is 21.9. The minimum absolute atomic E-state index is 0.0431. The molecule has 1 saturated carbocycles. The molecule has 1 aliphatic heterocycles. The number of methoxy groups -OCH3 is 1. The number of hydrogen-bond acceptors (Lipinski definition) is 7. The number of fused-ring (bicyclic) bond motifs is 3. The number of aliphatic hydroxyl groups is 2. The highest BCUT2D eigenvalue weighted by Gasteiger charge is 2.46. The summed E-state index contributed by atoms with van der Waals surface area (Å²) in [5.41, 5.74) is 0.921. The Morgan fingerprint density at radius 1 is 1.24 bits per heavy atom. The van der Waals surface area contributed by atoms with Crippen LogP contribution < -0.4 is 9.64 Å². The number of hydrogen-bond donors (Lipinski definition) is 2. The summed E-state index contributed by atoms with van der Waals surface area (Å²) in [6.07, 6.45) is 7.06. The number of carbonyl (C=O) groups is 2. The van der Waals surface area contributed by atoms with Gasteiger partial charge in [0.05, 0.1) is 31.9 Å². The lowest BCUT2D eigenvalue weighted by molar-refractivity contribution is -0.168. The van der Waals surface area contributed by atoms with Gasteiger partial charge < -0.3 is 29.5 Å². The van der Waals surface area contributed by atoms with Gasteiger partial charge in [-0.25, -0.2) is 4.79 Å². The van der Waals surface area contributed by atoms with Crippen molar-refractivity contribution < 1.29 is 29.3 Å². The van der Waals surface area contributed by atoms with E-state index in [2.05, 4.69) is 30.2 Å². The van der Waals surface area contributed by atoms with E-state index in [0.29, 0.717) is 37.0 Å². The number of rotatable bonds is 11. The van der Waals surface area contributed by atoms with Crippen LogP contribution in [0, 0.1) is 17.8 Å². The summed E-state index contributed by atoms with van der Waals surface area (Å²) in [6.45, 7) is 11.7. The van der Waals surface area contributed by atoms with E-state index in [1.54, 1.807) is 37.4 Å². The first-order valence-electron chi connectivity index (χ1n) is 16.2. The van der Waals surface area contributed by atoms with Gasteiger partial charge in [0, 0.05) is 37.1 Å². The van der Waals surface area contributed by atoms with Gasteiger partial charge in [0.25, 0.3) is 0 Å². The lowest BCUT2D eigenvalue weighted by Crippen LogP contribution is -2.49. The molecule has 3 aliphatic rings. The van der Waals surface area contributed by atoms with Gasteiger partial charge in [0.1, 0.15) is 5.75 Å². The molecule has 0 radical (unpaired) electrons. The molecule has 0 saturated heterocycles. The number of amides is 1. The van der Waals surface area contributed by atoms with Crippen LogP contribution in [0.4, 0.5) is 5.69 Å². The zero-order chi connectivity index (χ0) is 33.2. The smallest absolute Gasteiger partial charge is 0.343 e. The molecule has 1 fully saturated rings. The van der Waals surface area contributed by atoms with E-state index in [9.17, 15) is 19.8 Å².